The van der Waals surface area contributed by atoms with E-state index in [1.165, 1.54) is 18.2 Å². The van der Waals surface area contributed by atoms with Crippen LogP contribution in [0.25, 0.3) is 0 Å². The van der Waals surface area contributed by atoms with Crippen LogP contribution in [0.1, 0.15) is 15.9 Å². The number of phenols is 2. The van der Waals surface area contributed by atoms with Crippen LogP contribution in [-0.2, 0) is 14.3 Å². The highest BCUT2D eigenvalue weighted by Gasteiger charge is 2.22. The number of morpholine rings is 1. The Morgan fingerprint density at radius 2 is 1.77 bits per heavy atom. The molecular weight excluding hydrogens is 392 g/mol. The number of nitrogens with one attached hydrogen (secondary N) is 2. The standard InChI is InChI=1S/C20H20N4O6/c25-14-6-5-13(17(26)11-14)12-21-23-19(28)18(27)22-16-4-2-1-3-15(16)20(29)24-7-9-30-10-8-24/h1-6,11-12,25-26H,7-10H2,(H,22,27)(H,23,28)/b21-12+. The minimum atomic E-state index is -1.06. The smallest absolute Gasteiger partial charge is 0.329 e. The van der Waals surface area contributed by atoms with E-state index in [0.717, 1.165) is 12.3 Å². The monoisotopic (exact) mass is 412 g/mol. The van der Waals surface area contributed by atoms with Crippen molar-refractivity contribution in [1.82, 2.24) is 10.3 Å². The summed E-state index contributed by atoms with van der Waals surface area (Å²) < 4.78 is 5.24. The van der Waals surface area contributed by atoms with Gasteiger partial charge in [-0.1, -0.05) is 12.1 Å². The number of nitrogens with zero attached hydrogens (tertiary/aromatic N) is 2. The Bertz CT molecular complexity index is 985. The summed E-state index contributed by atoms with van der Waals surface area (Å²) in [6.45, 7) is 1.77. The Balaban J connectivity index is 1.63. The van der Waals surface area contributed by atoms with E-state index in [1.54, 1.807) is 23.1 Å². The summed E-state index contributed by atoms with van der Waals surface area (Å²) in [5.74, 6) is -2.70. The van der Waals surface area contributed by atoms with Gasteiger partial charge in [0.2, 0.25) is 0 Å². The van der Waals surface area contributed by atoms with Gasteiger partial charge in [0.05, 0.1) is 30.7 Å². The molecule has 0 aromatic heterocycles. The molecule has 10 heteroatoms. The molecule has 3 amide bonds. The van der Waals surface area contributed by atoms with Crippen LogP contribution < -0.4 is 10.7 Å². The van der Waals surface area contributed by atoms with Gasteiger partial charge in [-0.05, 0) is 24.3 Å². The lowest BCUT2D eigenvalue weighted by atomic mass is 10.1. The molecule has 0 spiro atoms. The highest BCUT2D eigenvalue weighted by molar-refractivity contribution is 6.40. The van der Waals surface area contributed by atoms with E-state index in [-0.39, 0.29) is 34.2 Å². The Kier molecular flexibility index (Phi) is 6.60. The quantitative estimate of drug-likeness (QED) is 0.330. The van der Waals surface area contributed by atoms with Crippen molar-refractivity contribution >= 4 is 29.6 Å². The summed E-state index contributed by atoms with van der Waals surface area (Å²) in [6.07, 6.45) is 1.12. The minimum absolute atomic E-state index is 0.127. The molecule has 156 valence electrons. The summed E-state index contributed by atoms with van der Waals surface area (Å²) in [4.78, 5) is 38.5. The van der Waals surface area contributed by atoms with Gasteiger partial charge in [-0.15, -0.1) is 0 Å². The number of carbonyl (C=O) groups is 3. The lowest BCUT2D eigenvalue weighted by Gasteiger charge is -2.27. The summed E-state index contributed by atoms with van der Waals surface area (Å²) in [5, 5.41) is 24.9. The number of ether oxygens (including phenoxy) is 1. The third kappa shape index (κ3) is 5.11. The molecule has 1 heterocycles. The number of rotatable bonds is 4. The highest BCUT2D eigenvalue weighted by atomic mass is 16.5. The summed E-state index contributed by atoms with van der Waals surface area (Å²) in [5.41, 5.74) is 2.73. The fourth-order valence-corrected chi connectivity index (χ4v) is 2.75. The first-order chi connectivity index (χ1) is 14.5. The minimum Gasteiger partial charge on any atom is -0.508 e. The number of anilines is 1. The van der Waals surface area contributed by atoms with Gasteiger partial charge in [0.1, 0.15) is 11.5 Å². The van der Waals surface area contributed by atoms with Crippen molar-refractivity contribution in [3.8, 4) is 11.5 Å². The molecule has 0 aliphatic carbocycles. The lowest BCUT2D eigenvalue weighted by Crippen LogP contribution is -2.41. The van der Waals surface area contributed by atoms with Gasteiger partial charge in [-0.25, -0.2) is 5.43 Å². The van der Waals surface area contributed by atoms with Crippen LogP contribution >= 0.6 is 0 Å². The zero-order valence-corrected chi connectivity index (χ0v) is 15.9. The van der Waals surface area contributed by atoms with Gasteiger partial charge in [-0.3, -0.25) is 14.4 Å². The van der Waals surface area contributed by atoms with Crippen LogP contribution in [0.15, 0.2) is 47.6 Å². The Morgan fingerprint density at radius 3 is 2.50 bits per heavy atom. The van der Waals surface area contributed by atoms with Crippen LogP contribution in [0, 0.1) is 0 Å². The molecular formula is C20H20N4O6. The Morgan fingerprint density at radius 1 is 1.03 bits per heavy atom. The maximum Gasteiger partial charge on any atom is 0.329 e. The number of benzene rings is 2. The number of aromatic hydroxyl groups is 2. The van der Waals surface area contributed by atoms with Gasteiger partial charge < -0.3 is 25.2 Å². The molecule has 4 N–H and O–H groups in total. The molecule has 3 rings (SSSR count). The van der Waals surface area contributed by atoms with E-state index in [4.69, 9.17) is 4.74 Å². The van der Waals surface area contributed by atoms with Gasteiger partial charge >= 0.3 is 11.8 Å². The maximum atomic E-state index is 12.7. The molecule has 0 atom stereocenters. The first kappa shape index (κ1) is 20.8. The molecule has 1 saturated heterocycles. The fraction of sp³-hybridized carbons (Fsp3) is 0.200. The number of phenolic OH excluding ortho intramolecular Hbond substituents is 2. The molecule has 1 aliphatic rings. The van der Waals surface area contributed by atoms with Crippen molar-refractivity contribution in [2.45, 2.75) is 0 Å². The van der Waals surface area contributed by atoms with Crippen LogP contribution in [0.3, 0.4) is 0 Å². The first-order valence-electron chi connectivity index (χ1n) is 9.08. The zero-order valence-electron chi connectivity index (χ0n) is 15.9. The molecule has 1 aliphatic heterocycles. The highest BCUT2D eigenvalue weighted by Crippen LogP contribution is 2.21. The largest absolute Gasteiger partial charge is 0.508 e. The normalized spacial score (nSPS) is 13.8. The second kappa shape index (κ2) is 9.52. The van der Waals surface area contributed by atoms with Crippen molar-refractivity contribution < 1.29 is 29.3 Å². The average Bonchev–Trinajstić information content (AvgIpc) is 2.75. The second-order valence-electron chi connectivity index (χ2n) is 6.35. The lowest BCUT2D eigenvalue weighted by molar-refractivity contribution is -0.136. The molecule has 30 heavy (non-hydrogen) atoms. The van der Waals surface area contributed by atoms with Crippen molar-refractivity contribution in [3.63, 3.8) is 0 Å². The molecule has 0 bridgehead atoms. The van der Waals surface area contributed by atoms with Crippen molar-refractivity contribution in [1.29, 1.82) is 0 Å². The van der Waals surface area contributed by atoms with E-state index in [9.17, 15) is 24.6 Å². The van der Waals surface area contributed by atoms with E-state index >= 15 is 0 Å². The average molecular weight is 412 g/mol. The number of carbonyl (C=O) groups excluding carboxylic acids is 3. The van der Waals surface area contributed by atoms with Gasteiger partial charge in [0.25, 0.3) is 5.91 Å². The van der Waals surface area contributed by atoms with Crippen LogP contribution in [0.5, 0.6) is 11.5 Å². The fourth-order valence-electron chi connectivity index (χ4n) is 2.75. The summed E-state index contributed by atoms with van der Waals surface area (Å²) in [7, 11) is 0. The zero-order chi connectivity index (χ0) is 21.5. The number of hydrazone groups is 1. The number of hydrogen-bond donors (Lipinski definition) is 4. The molecule has 10 nitrogen and oxygen atoms in total. The van der Waals surface area contributed by atoms with Crippen LogP contribution in [-0.4, -0.2) is 65.4 Å². The topological polar surface area (TPSA) is 141 Å². The van der Waals surface area contributed by atoms with Gasteiger partial charge in [0.15, 0.2) is 0 Å². The second-order valence-corrected chi connectivity index (χ2v) is 6.35. The summed E-state index contributed by atoms with van der Waals surface area (Å²) in [6, 6.07) is 10.2. The third-order valence-corrected chi connectivity index (χ3v) is 4.29. The van der Waals surface area contributed by atoms with Gasteiger partial charge in [0, 0.05) is 24.7 Å². The SMILES string of the molecule is O=C(N/N=C/c1ccc(O)cc1O)C(=O)Nc1ccccc1C(=O)N1CCOCC1. The summed E-state index contributed by atoms with van der Waals surface area (Å²) >= 11 is 0. The molecule has 2 aromatic rings. The van der Waals surface area contributed by atoms with Crippen molar-refractivity contribution in [3.05, 3.63) is 53.6 Å². The number of hydrogen-bond acceptors (Lipinski definition) is 7. The predicted octanol–water partition coefficient (Wildman–Crippen LogP) is 0.659. The molecule has 2 aromatic carbocycles. The van der Waals surface area contributed by atoms with E-state index in [1.807, 2.05) is 5.43 Å². The third-order valence-electron chi connectivity index (χ3n) is 4.29. The first-order valence-corrected chi connectivity index (χ1v) is 9.08. The van der Waals surface area contributed by atoms with Crippen molar-refractivity contribution in [2.24, 2.45) is 5.10 Å². The van der Waals surface area contributed by atoms with Gasteiger partial charge in [-0.2, -0.15) is 5.10 Å². The molecule has 1 fully saturated rings. The number of para-hydroxylation sites is 1. The van der Waals surface area contributed by atoms with E-state index in [2.05, 4.69) is 10.4 Å². The molecule has 0 unspecified atom stereocenters. The van der Waals surface area contributed by atoms with Crippen molar-refractivity contribution in [2.75, 3.05) is 31.6 Å². The van der Waals surface area contributed by atoms with Crippen LogP contribution in [0.4, 0.5) is 5.69 Å². The van der Waals surface area contributed by atoms with Crippen LogP contribution in [0.2, 0.25) is 0 Å². The molecule has 0 saturated carbocycles. The Hall–Kier alpha value is -3.92. The Labute approximate surface area is 171 Å². The molecule has 0 radical (unpaired) electrons. The van der Waals surface area contributed by atoms with E-state index < -0.39 is 11.8 Å². The maximum absolute atomic E-state index is 12.7. The predicted molar refractivity (Wildman–Crippen MR) is 107 cm³/mol. The number of amides is 3. The van der Waals surface area contributed by atoms with E-state index in [0.29, 0.717) is 26.3 Å².